The van der Waals surface area contributed by atoms with Crippen molar-refractivity contribution in [2.75, 3.05) is 17.2 Å². The molecule has 170 valence electrons. The van der Waals surface area contributed by atoms with Gasteiger partial charge in [-0.3, -0.25) is 4.79 Å². The van der Waals surface area contributed by atoms with Gasteiger partial charge in [0.1, 0.15) is 12.1 Å². The molecule has 1 saturated carbocycles. The number of rotatable bonds is 7. The zero-order chi connectivity index (χ0) is 23.8. The maximum absolute atomic E-state index is 13.1. The van der Waals surface area contributed by atoms with Gasteiger partial charge in [-0.2, -0.15) is 0 Å². The lowest BCUT2D eigenvalue weighted by molar-refractivity contribution is -0.111. The van der Waals surface area contributed by atoms with Crippen LogP contribution in [0, 0.1) is 11.2 Å². The highest BCUT2D eigenvalue weighted by Crippen LogP contribution is 2.61. The molecule has 0 heterocycles. The minimum Gasteiger partial charge on any atom is -0.384 e. The van der Waals surface area contributed by atoms with Crippen LogP contribution in [0.5, 0.6) is 0 Å². The van der Waals surface area contributed by atoms with E-state index < -0.39 is 22.5 Å². The first-order chi connectivity index (χ1) is 15.7. The largest absolute Gasteiger partial charge is 0.384 e. The highest BCUT2D eigenvalue weighted by atomic mass is 35.5. The molecule has 4 nitrogen and oxygen atoms in total. The van der Waals surface area contributed by atoms with E-state index in [-0.39, 0.29) is 23.0 Å². The van der Waals surface area contributed by atoms with Gasteiger partial charge in [-0.25, -0.2) is 4.39 Å². The highest BCUT2D eigenvalue weighted by Gasteiger charge is 2.64. The molecule has 0 spiro atoms. The second kappa shape index (κ2) is 9.51. The molecule has 9 heteroatoms. The zero-order valence-corrected chi connectivity index (χ0v) is 19.9. The quantitative estimate of drug-likeness (QED) is 0.257. The van der Waals surface area contributed by atoms with Crippen LogP contribution in [0.25, 0.3) is 0 Å². The fraction of sp³-hybridized carbons (Fsp3) is 0.167. The molecule has 0 saturated heterocycles. The first-order valence-electron chi connectivity index (χ1n) is 9.90. The fourth-order valence-electron chi connectivity index (χ4n) is 3.83. The van der Waals surface area contributed by atoms with Crippen LogP contribution in [0.2, 0.25) is 15.1 Å². The van der Waals surface area contributed by atoms with Crippen molar-refractivity contribution in [3.05, 3.63) is 92.7 Å². The molecule has 2 unspecified atom stereocenters. The van der Waals surface area contributed by atoms with E-state index in [1.54, 1.807) is 36.4 Å². The van der Waals surface area contributed by atoms with Crippen molar-refractivity contribution < 1.29 is 14.0 Å². The zero-order valence-electron chi connectivity index (χ0n) is 16.9. The number of carbonyl (C=O) groups excluding carboxylic acids is 2. The number of anilines is 2. The van der Waals surface area contributed by atoms with Gasteiger partial charge in [0, 0.05) is 33.9 Å². The molecular weight excluding hydrogens is 509 g/mol. The van der Waals surface area contributed by atoms with Gasteiger partial charge in [-0.05, 0) is 66.2 Å². The van der Waals surface area contributed by atoms with Gasteiger partial charge in [0.15, 0.2) is 0 Å². The van der Waals surface area contributed by atoms with Crippen molar-refractivity contribution >= 4 is 70.0 Å². The molecule has 1 aliphatic rings. The lowest BCUT2D eigenvalue weighted by Gasteiger charge is -2.15. The van der Waals surface area contributed by atoms with Gasteiger partial charge in [0.25, 0.3) is 5.91 Å². The van der Waals surface area contributed by atoms with Crippen molar-refractivity contribution in [2.45, 2.75) is 11.3 Å². The third-order valence-corrected chi connectivity index (χ3v) is 7.08. The number of carbonyl (C=O) groups is 2. The standard InChI is InChI=1S/C24H17Cl4FN2O2/c25-14-7-13(8-15(26)9-14)21-22(28)24(21,12-32)11-30-18-5-6-20(27)19(10-18)23(33)31-17-3-1-16(29)2-4-17/h1-10,12,21-22,30H,11H2,(H,31,33)/t21?,22-,24?/m1/s1. The molecule has 0 radical (unpaired) electrons. The second-order valence-electron chi connectivity index (χ2n) is 7.82. The first kappa shape index (κ1) is 23.8. The van der Waals surface area contributed by atoms with Gasteiger partial charge in [0.2, 0.25) is 0 Å². The molecule has 2 N–H and O–H groups in total. The summed E-state index contributed by atoms with van der Waals surface area (Å²) < 4.78 is 13.1. The Balaban J connectivity index is 1.49. The minimum atomic E-state index is -0.855. The van der Waals surface area contributed by atoms with Crippen LogP contribution >= 0.6 is 46.4 Å². The van der Waals surface area contributed by atoms with E-state index in [2.05, 4.69) is 10.6 Å². The van der Waals surface area contributed by atoms with Crippen molar-refractivity contribution in [2.24, 2.45) is 5.41 Å². The predicted molar refractivity (Wildman–Crippen MR) is 132 cm³/mol. The molecule has 1 amide bonds. The van der Waals surface area contributed by atoms with E-state index in [0.29, 0.717) is 21.4 Å². The summed E-state index contributed by atoms with van der Waals surface area (Å²) >= 11 is 24.9. The monoisotopic (exact) mass is 524 g/mol. The molecule has 0 aliphatic heterocycles. The van der Waals surface area contributed by atoms with Crippen LogP contribution in [-0.2, 0) is 4.79 Å². The maximum atomic E-state index is 13.1. The predicted octanol–water partition coefficient (Wildman–Crippen LogP) is 7.04. The van der Waals surface area contributed by atoms with E-state index >= 15 is 0 Å². The van der Waals surface area contributed by atoms with Gasteiger partial charge >= 0.3 is 0 Å². The van der Waals surface area contributed by atoms with Crippen molar-refractivity contribution in [3.8, 4) is 0 Å². The number of halogens is 5. The van der Waals surface area contributed by atoms with Gasteiger partial charge in [-0.15, -0.1) is 11.6 Å². The van der Waals surface area contributed by atoms with Crippen LogP contribution in [-0.4, -0.2) is 24.1 Å². The van der Waals surface area contributed by atoms with E-state index in [0.717, 1.165) is 11.8 Å². The average molecular weight is 526 g/mol. The third-order valence-electron chi connectivity index (χ3n) is 5.65. The van der Waals surface area contributed by atoms with Crippen molar-refractivity contribution in [1.29, 1.82) is 0 Å². The normalized spacial score (nSPS) is 21.4. The number of benzene rings is 3. The topological polar surface area (TPSA) is 58.2 Å². The average Bonchev–Trinajstić information content (AvgIpc) is 3.37. The van der Waals surface area contributed by atoms with Gasteiger partial charge in [-0.1, -0.05) is 34.8 Å². The Morgan fingerprint density at radius 2 is 1.61 bits per heavy atom. The summed E-state index contributed by atoms with van der Waals surface area (Å²) in [5, 5.41) is 6.60. The Morgan fingerprint density at radius 1 is 0.970 bits per heavy atom. The van der Waals surface area contributed by atoms with Crippen LogP contribution in [0.4, 0.5) is 15.8 Å². The highest BCUT2D eigenvalue weighted by molar-refractivity contribution is 6.35. The number of aldehydes is 1. The smallest absolute Gasteiger partial charge is 0.257 e. The fourth-order valence-corrected chi connectivity index (χ4v) is 5.15. The number of amides is 1. The molecule has 1 fully saturated rings. The minimum absolute atomic E-state index is 0.225. The van der Waals surface area contributed by atoms with Crippen molar-refractivity contribution in [3.63, 3.8) is 0 Å². The summed E-state index contributed by atoms with van der Waals surface area (Å²) in [6.07, 6.45) is 0.842. The summed E-state index contributed by atoms with van der Waals surface area (Å²) in [7, 11) is 0. The van der Waals surface area contributed by atoms with Crippen LogP contribution < -0.4 is 10.6 Å². The maximum Gasteiger partial charge on any atom is 0.257 e. The van der Waals surface area contributed by atoms with E-state index in [4.69, 9.17) is 46.4 Å². The van der Waals surface area contributed by atoms with E-state index in [1.165, 1.54) is 24.3 Å². The molecular formula is C24H17Cl4FN2O2. The Bertz CT molecular complexity index is 1200. The SMILES string of the molecule is O=CC1(CNc2ccc(Cl)c(C(=O)Nc3ccc(F)cc3)c2)C(c2cc(Cl)cc(Cl)c2)[C@H]1Cl. The van der Waals surface area contributed by atoms with Gasteiger partial charge in [0.05, 0.1) is 21.4 Å². The molecule has 33 heavy (non-hydrogen) atoms. The summed E-state index contributed by atoms with van der Waals surface area (Å²) in [6.45, 7) is 0.236. The molecule has 0 aromatic heterocycles. The van der Waals surface area contributed by atoms with Crippen LogP contribution in [0.15, 0.2) is 60.7 Å². The van der Waals surface area contributed by atoms with E-state index in [1.807, 2.05) is 0 Å². The third kappa shape index (κ3) is 4.97. The van der Waals surface area contributed by atoms with Crippen molar-refractivity contribution in [1.82, 2.24) is 0 Å². The number of alkyl halides is 1. The molecule has 4 rings (SSSR count). The number of hydrogen-bond donors (Lipinski definition) is 2. The van der Waals surface area contributed by atoms with Crippen LogP contribution in [0.1, 0.15) is 21.8 Å². The summed E-state index contributed by atoms with van der Waals surface area (Å²) in [6, 6.07) is 15.4. The van der Waals surface area contributed by atoms with E-state index in [9.17, 15) is 14.0 Å². The Labute approximate surface area is 210 Å². The summed E-state index contributed by atoms with van der Waals surface area (Å²) in [5.74, 6) is -1.11. The Kier molecular flexibility index (Phi) is 6.87. The Hall–Kier alpha value is -2.31. The molecule has 0 bridgehead atoms. The first-order valence-corrected chi connectivity index (χ1v) is 11.5. The summed E-state index contributed by atoms with van der Waals surface area (Å²) in [5.41, 5.74) is 1.18. The molecule has 3 atom stereocenters. The Morgan fingerprint density at radius 3 is 2.24 bits per heavy atom. The lowest BCUT2D eigenvalue weighted by atomic mass is 10.00. The molecule has 1 aliphatic carbocycles. The van der Waals surface area contributed by atoms with Gasteiger partial charge < -0.3 is 15.4 Å². The number of nitrogens with one attached hydrogen (secondary N) is 2. The second-order valence-corrected chi connectivity index (χ2v) is 9.57. The molecule has 3 aromatic carbocycles. The summed E-state index contributed by atoms with van der Waals surface area (Å²) in [4.78, 5) is 24.7. The number of hydrogen-bond acceptors (Lipinski definition) is 3. The van der Waals surface area contributed by atoms with Crippen LogP contribution in [0.3, 0.4) is 0 Å². The lowest BCUT2D eigenvalue weighted by Crippen LogP contribution is -2.21. The molecule has 3 aromatic rings.